The predicted octanol–water partition coefficient (Wildman–Crippen LogP) is 4.11. The summed E-state index contributed by atoms with van der Waals surface area (Å²) in [6.07, 6.45) is 4.77. The smallest absolute Gasteiger partial charge is 0.276 e. The number of amides is 1. The van der Waals surface area contributed by atoms with Crippen LogP contribution in [0.4, 0.5) is 11.5 Å². The molecule has 1 amide bonds. The van der Waals surface area contributed by atoms with Crippen molar-refractivity contribution in [3.8, 4) is 0 Å². The third-order valence-corrected chi connectivity index (χ3v) is 5.04. The molecule has 25 heavy (non-hydrogen) atoms. The van der Waals surface area contributed by atoms with Gasteiger partial charge in [0.2, 0.25) is 0 Å². The number of nitrogens with zero attached hydrogens (tertiary/aromatic N) is 3. The minimum atomic E-state index is -0.229. The molecule has 1 aliphatic heterocycles. The van der Waals surface area contributed by atoms with E-state index in [0.29, 0.717) is 11.7 Å². The molecule has 0 radical (unpaired) electrons. The summed E-state index contributed by atoms with van der Waals surface area (Å²) in [5.74, 6) is 0.641. The highest BCUT2D eigenvalue weighted by molar-refractivity contribution is 6.02. The van der Waals surface area contributed by atoms with E-state index in [1.807, 2.05) is 31.2 Å². The number of hydrogen-bond donors (Lipinski definition) is 1. The van der Waals surface area contributed by atoms with Crippen molar-refractivity contribution in [3.05, 3.63) is 47.2 Å². The second-order valence-corrected chi connectivity index (χ2v) is 6.78. The third-order valence-electron chi connectivity index (χ3n) is 5.04. The molecule has 1 aliphatic rings. The number of benzene rings is 1. The highest BCUT2D eigenvalue weighted by atomic mass is 16.1. The number of aryl methyl sites for hydroxylation is 2. The second kappa shape index (κ2) is 7.64. The Morgan fingerprint density at radius 2 is 2.00 bits per heavy atom. The Labute approximate surface area is 149 Å². The number of rotatable bonds is 4. The van der Waals surface area contributed by atoms with E-state index < -0.39 is 0 Å². The minimum absolute atomic E-state index is 0.229. The van der Waals surface area contributed by atoms with Crippen LogP contribution in [-0.4, -0.2) is 28.7 Å². The van der Waals surface area contributed by atoms with Gasteiger partial charge in [-0.25, -0.2) is 0 Å². The summed E-state index contributed by atoms with van der Waals surface area (Å²) < 4.78 is 0. The molecule has 2 heterocycles. The van der Waals surface area contributed by atoms with E-state index in [4.69, 9.17) is 0 Å². The maximum absolute atomic E-state index is 12.4. The molecule has 1 aromatic heterocycles. The average Bonchev–Trinajstić information content (AvgIpc) is 2.65. The summed E-state index contributed by atoms with van der Waals surface area (Å²) in [6, 6.07) is 10.1. The van der Waals surface area contributed by atoms with Crippen LogP contribution in [0, 0.1) is 13.8 Å². The number of carbonyl (C=O) groups excluding carboxylic acids is 1. The van der Waals surface area contributed by atoms with E-state index in [1.165, 1.54) is 24.8 Å². The average molecular weight is 338 g/mol. The Balaban J connectivity index is 1.70. The second-order valence-electron chi connectivity index (χ2n) is 6.78. The molecular formula is C20H26N4O. The molecule has 132 valence electrons. The van der Waals surface area contributed by atoms with Crippen LogP contribution in [0.2, 0.25) is 0 Å². The first-order valence-corrected chi connectivity index (χ1v) is 9.07. The van der Waals surface area contributed by atoms with Crippen molar-refractivity contribution in [1.29, 1.82) is 0 Å². The van der Waals surface area contributed by atoms with Crippen LogP contribution in [0.15, 0.2) is 30.3 Å². The quantitative estimate of drug-likeness (QED) is 0.911. The number of carbonyl (C=O) groups is 1. The molecule has 0 aliphatic carbocycles. The molecule has 0 spiro atoms. The monoisotopic (exact) mass is 338 g/mol. The summed E-state index contributed by atoms with van der Waals surface area (Å²) in [6.45, 7) is 7.31. The Hall–Kier alpha value is -2.43. The molecule has 1 fully saturated rings. The van der Waals surface area contributed by atoms with Gasteiger partial charge < -0.3 is 10.2 Å². The van der Waals surface area contributed by atoms with Crippen molar-refractivity contribution in [2.75, 3.05) is 16.8 Å². The van der Waals surface area contributed by atoms with Crippen LogP contribution in [0.5, 0.6) is 0 Å². The largest absolute Gasteiger partial charge is 0.352 e. The SMILES string of the molecule is CCC1CCCCN1c1ccc(C(=O)Nc2ccc(C)c(C)c2)nn1. The van der Waals surface area contributed by atoms with Crippen LogP contribution >= 0.6 is 0 Å². The molecule has 0 bridgehead atoms. The standard InChI is InChI=1S/C20H26N4O/c1-4-17-7-5-6-12-24(17)19-11-10-18(22-23-19)20(25)21-16-9-8-14(2)15(3)13-16/h8-11,13,17H,4-7,12H2,1-3H3,(H,21,25). The fourth-order valence-electron chi connectivity index (χ4n) is 3.34. The van der Waals surface area contributed by atoms with Gasteiger partial charge in [-0.3, -0.25) is 4.79 Å². The zero-order chi connectivity index (χ0) is 17.8. The molecule has 3 rings (SSSR count). The van der Waals surface area contributed by atoms with E-state index in [0.717, 1.165) is 30.0 Å². The normalized spacial score (nSPS) is 17.4. The van der Waals surface area contributed by atoms with Gasteiger partial charge in [0, 0.05) is 18.3 Å². The molecule has 2 aromatic rings. The Kier molecular flexibility index (Phi) is 5.31. The summed E-state index contributed by atoms with van der Waals surface area (Å²) in [7, 11) is 0. The Morgan fingerprint density at radius 3 is 2.68 bits per heavy atom. The predicted molar refractivity (Wildman–Crippen MR) is 101 cm³/mol. The first kappa shape index (κ1) is 17.4. The molecule has 1 unspecified atom stereocenters. The number of piperidine rings is 1. The first-order valence-electron chi connectivity index (χ1n) is 9.07. The lowest BCUT2D eigenvalue weighted by Gasteiger charge is -2.35. The number of aromatic nitrogens is 2. The molecule has 1 aromatic carbocycles. The van der Waals surface area contributed by atoms with Gasteiger partial charge in [0.1, 0.15) is 0 Å². The van der Waals surface area contributed by atoms with E-state index in [9.17, 15) is 4.79 Å². The van der Waals surface area contributed by atoms with Crippen molar-refractivity contribution >= 4 is 17.4 Å². The highest BCUT2D eigenvalue weighted by Crippen LogP contribution is 2.24. The van der Waals surface area contributed by atoms with Crippen LogP contribution in [0.3, 0.4) is 0 Å². The zero-order valence-corrected chi connectivity index (χ0v) is 15.2. The molecule has 5 nitrogen and oxygen atoms in total. The van der Waals surface area contributed by atoms with Crippen LogP contribution in [0.1, 0.15) is 54.2 Å². The van der Waals surface area contributed by atoms with Crippen molar-refractivity contribution in [1.82, 2.24) is 10.2 Å². The van der Waals surface area contributed by atoms with Gasteiger partial charge in [-0.1, -0.05) is 13.0 Å². The van der Waals surface area contributed by atoms with Gasteiger partial charge in [0.15, 0.2) is 11.5 Å². The Bertz CT molecular complexity index is 742. The van der Waals surface area contributed by atoms with E-state index in [-0.39, 0.29) is 5.91 Å². The summed E-state index contributed by atoms with van der Waals surface area (Å²) in [5.41, 5.74) is 3.47. The van der Waals surface area contributed by atoms with Gasteiger partial charge in [-0.15, -0.1) is 10.2 Å². The van der Waals surface area contributed by atoms with E-state index in [2.05, 4.69) is 34.3 Å². The topological polar surface area (TPSA) is 58.1 Å². The van der Waals surface area contributed by atoms with Gasteiger partial charge >= 0.3 is 0 Å². The van der Waals surface area contributed by atoms with Gasteiger partial charge in [0.05, 0.1) is 0 Å². The fourth-order valence-corrected chi connectivity index (χ4v) is 3.34. The third kappa shape index (κ3) is 3.98. The van der Waals surface area contributed by atoms with Gasteiger partial charge in [-0.2, -0.15) is 0 Å². The molecular weight excluding hydrogens is 312 g/mol. The molecule has 1 N–H and O–H groups in total. The zero-order valence-electron chi connectivity index (χ0n) is 15.2. The molecule has 5 heteroatoms. The van der Waals surface area contributed by atoms with Crippen molar-refractivity contribution in [2.45, 2.75) is 52.5 Å². The summed E-state index contributed by atoms with van der Waals surface area (Å²) in [5, 5.41) is 11.4. The number of hydrogen-bond acceptors (Lipinski definition) is 4. The first-order chi connectivity index (χ1) is 12.1. The van der Waals surface area contributed by atoms with Crippen molar-refractivity contribution < 1.29 is 4.79 Å². The van der Waals surface area contributed by atoms with Crippen LogP contribution in [-0.2, 0) is 0 Å². The Morgan fingerprint density at radius 1 is 1.16 bits per heavy atom. The maximum atomic E-state index is 12.4. The number of nitrogens with one attached hydrogen (secondary N) is 1. The summed E-state index contributed by atoms with van der Waals surface area (Å²) >= 11 is 0. The lowest BCUT2D eigenvalue weighted by molar-refractivity contribution is 0.102. The molecule has 1 atom stereocenters. The lowest BCUT2D eigenvalue weighted by Crippen LogP contribution is -2.39. The summed E-state index contributed by atoms with van der Waals surface area (Å²) in [4.78, 5) is 14.7. The van der Waals surface area contributed by atoms with E-state index >= 15 is 0 Å². The van der Waals surface area contributed by atoms with Crippen LogP contribution < -0.4 is 10.2 Å². The molecule has 0 saturated carbocycles. The van der Waals surface area contributed by atoms with Gasteiger partial charge in [0.25, 0.3) is 5.91 Å². The van der Waals surface area contributed by atoms with Crippen molar-refractivity contribution in [3.63, 3.8) is 0 Å². The molecule has 1 saturated heterocycles. The lowest BCUT2D eigenvalue weighted by atomic mass is 10.0. The maximum Gasteiger partial charge on any atom is 0.276 e. The minimum Gasteiger partial charge on any atom is -0.352 e. The van der Waals surface area contributed by atoms with Crippen LogP contribution in [0.25, 0.3) is 0 Å². The highest BCUT2D eigenvalue weighted by Gasteiger charge is 2.22. The number of anilines is 2. The fraction of sp³-hybridized carbons (Fsp3) is 0.450. The van der Waals surface area contributed by atoms with E-state index in [1.54, 1.807) is 6.07 Å². The van der Waals surface area contributed by atoms with Gasteiger partial charge in [-0.05, 0) is 74.9 Å². The van der Waals surface area contributed by atoms with Crippen molar-refractivity contribution in [2.24, 2.45) is 0 Å².